The van der Waals surface area contributed by atoms with Crippen LogP contribution in [0.4, 0.5) is 0 Å². The first-order chi connectivity index (χ1) is 6.95. The van der Waals surface area contributed by atoms with Crippen molar-refractivity contribution in [2.24, 2.45) is 0 Å². The Labute approximate surface area is 85.7 Å². The van der Waals surface area contributed by atoms with E-state index < -0.39 is 0 Å². The van der Waals surface area contributed by atoms with E-state index in [9.17, 15) is 0 Å². The fraction of sp³-hybridized carbons (Fsp3) is 0.500. The summed E-state index contributed by atoms with van der Waals surface area (Å²) in [5, 5.41) is 6.93. The Morgan fingerprint density at radius 2 is 2.14 bits per heavy atom. The lowest BCUT2D eigenvalue weighted by molar-refractivity contribution is 0.550. The standard InChI is InChI=1S/C12H18N2/c1-2-4-11(5-3-1)6-9-14-12-7-8-13-10-12/h1-5,12-14H,6-10H2/t12-/m1/s1. The van der Waals surface area contributed by atoms with Crippen LogP contribution in [0.5, 0.6) is 0 Å². The number of benzene rings is 1. The summed E-state index contributed by atoms with van der Waals surface area (Å²) in [4.78, 5) is 0. The first-order valence-corrected chi connectivity index (χ1v) is 5.43. The number of hydrogen-bond donors (Lipinski definition) is 2. The highest BCUT2D eigenvalue weighted by Crippen LogP contribution is 2.00. The van der Waals surface area contributed by atoms with E-state index in [1.54, 1.807) is 0 Å². The van der Waals surface area contributed by atoms with Crippen molar-refractivity contribution in [2.75, 3.05) is 19.6 Å². The van der Waals surface area contributed by atoms with Crippen LogP contribution >= 0.6 is 0 Å². The summed E-state index contributed by atoms with van der Waals surface area (Å²) in [6, 6.07) is 11.3. The zero-order valence-electron chi connectivity index (χ0n) is 8.50. The molecule has 2 rings (SSSR count). The van der Waals surface area contributed by atoms with E-state index in [0.717, 1.165) is 19.5 Å². The molecule has 1 heterocycles. The fourth-order valence-electron chi connectivity index (χ4n) is 1.89. The van der Waals surface area contributed by atoms with Gasteiger partial charge in [-0.15, -0.1) is 0 Å². The molecule has 1 fully saturated rings. The average molecular weight is 190 g/mol. The second-order valence-corrected chi connectivity index (χ2v) is 3.88. The van der Waals surface area contributed by atoms with Crippen molar-refractivity contribution in [1.29, 1.82) is 0 Å². The maximum atomic E-state index is 3.57. The Morgan fingerprint density at radius 3 is 2.86 bits per heavy atom. The molecule has 0 bridgehead atoms. The van der Waals surface area contributed by atoms with E-state index in [2.05, 4.69) is 41.0 Å². The number of nitrogens with one attached hydrogen (secondary N) is 2. The van der Waals surface area contributed by atoms with Crippen molar-refractivity contribution >= 4 is 0 Å². The van der Waals surface area contributed by atoms with Gasteiger partial charge in [0.15, 0.2) is 0 Å². The van der Waals surface area contributed by atoms with Gasteiger partial charge in [-0.25, -0.2) is 0 Å². The van der Waals surface area contributed by atoms with Crippen LogP contribution in [0, 0.1) is 0 Å². The Morgan fingerprint density at radius 1 is 1.29 bits per heavy atom. The minimum Gasteiger partial charge on any atom is -0.315 e. The third kappa shape index (κ3) is 2.82. The number of hydrogen-bond acceptors (Lipinski definition) is 2. The Hall–Kier alpha value is -0.860. The van der Waals surface area contributed by atoms with Gasteiger partial charge in [-0.1, -0.05) is 30.3 Å². The lowest BCUT2D eigenvalue weighted by Crippen LogP contribution is -2.32. The zero-order chi connectivity index (χ0) is 9.64. The predicted octanol–water partition coefficient (Wildman–Crippen LogP) is 1.18. The van der Waals surface area contributed by atoms with Gasteiger partial charge in [0.25, 0.3) is 0 Å². The molecule has 0 aromatic heterocycles. The van der Waals surface area contributed by atoms with Crippen LogP contribution in [0.25, 0.3) is 0 Å². The quantitative estimate of drug-likeness (QED) is 0.745. The van der Waals surface area contributed by atoms with Gasteiger partial charge in [-0.3, -0.25) is 0 Å². The zero-order valence-corrected chi connectivity index (χ0v) is 8.50. The SMILES string of the molecule is c1ccc(CCN[C@@H]2CCNC2)cc1. The van der Waals surface area contributed by atoms with Crippen molar-refractivity contribution in [3.05, 3.63) is 35.9 Å². The van der Waals surface area contributed by atoms with Crippen molar-refractivity contribution in [3.63, 3.8) is 0 Å². The largest absolute Gasteiger partial charge is 0.315 e. The summed E-state index contributed by atoms with van der Waals surface area (Å²) in [6.45, 7) is 3.40. The van der Waals surface area contributed by atoms with Gasteiger partial charge in [0.1, 0.15) is 0 Å². The molecule has 1 aromatic carbocycles. The molecule has 0 saturated carbocycles. The molecule has 2 N–H and O–H groups in total. The van der Waals surface area contributed by atoms with Crippen molar-refractivity contribution in [1.82, 2.24) is 10.6 Å². The van der Waals surface area contributed by atoms with Crippen LogP contribution in [0.15, 0.2) is 30.3 Å². The van der Waals surface area contributed by atoms with E-state index in [1.807, 2.05) is 0 Å². The lowest BCUT2D eigenvalue weighted by atomic mass is 10.1. The molecule has 1 aliphatic rings. The normalized spacial score (nSPS) is 21.3. The molecule has 2 nitrogen and oxygen atoms in total. The lowest BCUT2D eigenvalue weighted by Gasteiger charge is -2.10. The van der Waals surface area contributed by atoms with Gasteiger partial charge < -0.3 is 10.6 Å². The molecule has 76 valence electrons. The van der Waals surface area contributed by atoms with Gasteiger partial charge in [0.05, 0.1) is 0 Å². The highest BCUT2D eigenvalue weighted by atomic mass is 15.0. The van der Waals surface area contributed by atoms with Crippen molar-refractivity contribution in [2.45, 2.75) is 18.9 Å². The third-order valence-corrected chi connectivity index (χ3v) is 2.75. The Kier molecular flexibility index (Phi) is 3.55. The Bertz CT molecular complexity index is 252. The second-order valence-electron chi connectivity index (χ2n) is 3.88. The minimum atomic E-state index is 0.693. The smallest absolute Gasteiger partial charge is 0.0204 e. The summed E-state index contributed by atoms with van der Waals surface area (Å²) in [6.07, 6.45) is 2.41. The molecule has 1 aliphatic heterocycles. The highest BCUT2D eigenvalue weighted by molar-refractivity contribution is 5.14. The second kappa shape index (κ2) is 5.13. The van der Waals surface area contributed by atoms with Crippen LogP contribution < -0.4 is 10.6 Å². The van der Waals surface area contributed by atoms with Crippen LogP contribution in [0.1, 0.15) is 12.0 Å². The molecule has 2 heteroatoms. The maximum absolute atomic E-state index is 3.57. The van der Waals surface area contributed by atoms with E-state index in [1.165, 1.54) is 18.5 Å². The van der Waals surface area contributed by atoms with Crippen LogP contribution in [0.2, 0.25) is 0 Å². The molecular formula is C12H18N2. The molecule has 1 atom stereocenters. The highest BCUT2D eigenvalue weighted by Gasteiger charge is 2.12. The molecular weight excluding hydrogens is 172 g/mol. The molecule has 0 aliphatic carbocycles. The first-order valence-electron chi connectivity index (χ1n) is 5.43. The van der Waals surface area contributed by atoms with Gasteiger partial charge in [-0.05, 0) is 31.5 Å². The minimum absolute atomic E-state index is 0.693. The maximum Gasteiger partial charge on any atom is 0.0204 e. The Balaban J connectivity index is 1.67. The van der Waals surface area contributed by atoms with Crippen LogP contribution in [-0.2, 0) is 6.42 Å². The van der Waals surface area contributed by atoms with Crippen LogP contribution in [-0.4, -0.2) is 25.7 Å². The number of rotatable bonds is 4. The molecule has 0 radical (unpaired) electrons. The predicted molar refractivity (Wildman–Crippen MR) is 59.4 cm³/mol. The molecule has 0 spiro atoms. The average Bonchev–Trinajstić information content (AvgIpc) is 2.72. The van der Waals surface area contributed by atoms with Crippen molar-refractivity contribution in [3.8, 4) is 0 Å². The summed E-state index contributed by atoms with van der Waals surface area (Å²) >= 11 is 0. The van der Waals surface area contributed by atoms with E-state index in [0.29, 0.717) is 6.04 Å². The summed E-state index contributed by atoms with van der Waals surface area (Å²) in [5.74, 6) is 0. The molecule has 1 saturated heterocycles. The topological polar surface area (TPSA) is 24.1 Å². The molecule has 1 aromatic rings. The summed E-state index contributed by atoms with van der Waals surface area (Å²) < 4.78 is 0. The van der Waals surface area contributed by atoms with Crippen LogP contribution in [0.3, 0.4) is 0 Å². The third-order valence-electron chi connectivity index (χ3n) is 2.75. The first kappa shape index (κ1) is 9.69. The molecule has 14 heavy (non-hydrogen) atoms. The van der Waals surface area contributed by atoms with Gasteiger partial charge >= 0.3 is 0 Å². The van der Waals surface area contributed by atoms with Gasteiger partial charge in [0.2, 0.25) is 0 Å². The van der Waals surface area contributed by atoms with Gasteiger partial charge in [-0.2, -0.15) is 0 Å². The molecule has 0 amide bonds. The van der Waals surface area contributed by atoms with E-state index in [-0.39, 0.29) is 0 Å². The van der Waals surface area contributed by atoms with Crippen molar-refractivity contribution < 1.29 is 0 Å². The van der Waals surface area contributed by atoms with Gasteiger partial charge in [0, 0.05) is 12.6 Å². The van der Waals surface area contributed by atoms with E-state index >= 15 is 0 Å². The molecule has 0 unspecified atom stereocenters. The summed E-state index contributed by atoms with van der Waals surface area (Å²) in [7, 11) is 0. The monoisotopic (exact) mass is 190 g/mol. The summed E-state index contributed by atoms with van der Waals surface area (Å²) in [5.41, 5.74) is 1.42. The fourth-order valence-corrected chi connectivity index (χ4v) is 1.89. The van der Waals surface area contributed by atoms with E-state index in [4.69, 9.17) is 0 Å².